The molecule has 0 aliphatic rings. The second kappa shape index (κ2) is 15.0. The number of fused-ring (bicyclic) bond motifs is 3. The molecular weight excluding hydrogens is 687 g/mol. The number of para-hydroxylation sites is 2. The van der Waals surface area contributed by atoms with Crippen LogP contribution in [0.2, 0.25) is 0 Å². The molecule has 10 rings (SSSR count). The molecule has 10 aromatic carbocycles. The Kier molecular flexibility index (Phi) is 8.95. The zero-order chi connectivity index (χ0) is 38.0. The fourth-order valence-corrected chi connectivity index (χ4v) is 8.43. The van der Waals surface area contributed by atoms with Crippen molar-refractivity contribution in [2.75, 3.05) is 4.90 Å². The molecule has 0 unspecified atom stereocenters. The molecule has 0 spiro atoms. The zero-order valence-electron chi connectivity index (χ0n) is 31.5. The molecule has 1 heteroatoms. The van der Waals surface area contributed by atoms with Crippen molar-refractivity contribution in [2.24, 2.45) is 0 Å². The van der Waals surface area contributed by atoms with Gasteiger partial charge in [0.05, 0.1) is 17.1 Å². The largest absolute Gasteiger partial charge is 0.309 e. The van der Waals surface area contributed by atoms with E-state index in [1.165, 1.54) is 60.5 Å². The van der Waals surface area contributed by atoms with Crippen LogP contribution in [0.25, 0.3) is 77.2 Å². The fourth-order valence-electron chi connectivity index (χ4n) is 8.43. The molecule has 0 saturated carbocycles. The van der Waals surface area contributed by atoms with Crippen molar-refractivity contribution in [2.45, 2.75) is 0 Å². The summed E-state index contributed by atoms with van der Waals surface area (Å²) >= 11 is 0. The van der Waals surface area contributed by atoms with Crippen molar-refractivity contribution in [3.05, 3.63) is 237 Å². The first kappa shape index (κ1) is 34.0. The molecule has 0 aliphatic carbocycles. The Labute approximate surface area is 334 Å². The summed E-state index contributed by atoms with van der Waals surface area (Å²) in [6.45, 7) is 0. The smallest absolute Gasteiger partial charge is 0.0546 e. The molecule has 0 atom stereocenters. The van der Waals surface area contributed by atoms with Gasteiger partial charge < -0.3 is 4.90 Å². The van der Waals surface area contributed by atoms with Gasteiger partial charge in [0.2, 0.25) is 0 Å². The molecule has 10 aromatic rings. The van der Waals surface area contributed by atoms with Crippen LogP contribution in [0.4, 0.5) is 17.1 Å². The van der Waals surface area contributed by atoms with Gasteiger partial charge in [-0.15, -0.1) is 0 Å². The number of hydrogen-bond donors (Lipinski definition) is 0. The topological polar surface area (TPSA) is 3.24 Å². The summed E-state index contributed by atoms with van der Waals surface area (Å²) in [6.07, 6.45) is 0. The summed E-state index contributed by atoms with van der Waals surface area (Å²) in [5.74, 6) is 0. The fraction of sp³-hybridized carbons (Fsp3) is 0. The summed E-state index contributed by atoms with van der Waals surface area (Å²) in [4.78, 5) is 2.50. The highest BCUT2D eigenvalue weighted by Gasteiger charge is 2.24. The Hall–Kier alpha value is -7.48. The maximum absolute atomic E-state index is 2.50. The predicted molar refractivity (Wildman–Crippen MR) is 243 cm³/mol. The lowest BCUT2D eigenvalue weighted by Crippen LogP contribution is -2.13. The van der Waals surface area contributed by atoms with Crippen molar-refractivity contribution in [3.8, 4) is 55.6 Å². The van der Waals surface area contributed by atoms with Crippen LogP contribution in [0.1, 0.15) is 0 Å². The third-order valence-electron chi connectivity index (χ3n) is 11.1. The minimum Gasteiger partial charge on any atom is -0.309 e. The number of hydrogen-bond acceptors (Lipinski definition) is 1. The van der Waals surface area contributed by atoms with Gasteiger partial charge in [0.1, 0.15) is 0 Å². The van der Waals surface area contributed by atoms with E-state index < -0.39 is 0 Å². The molecule has 0 heterocycles. The molecule has 0 aromatic heterocycles. The quantitative estimate of drug-likeness (QED) is 0.141. The highest BCUT2D eigenvalue weighted by Crippen LogP contribution is 2.49. The Balaban J connectivity index is 1.23. The van der Waals surface area contributed by atoms with E-state index in [0.29, 0.717) is 0 Å². The lowest BCUT2D eigenvalue weighted by Gasteiger charge is -2.31. The van der Waals surface area contributed by atoms with Crippen LogP contribution in [-0.2, 0) is 0 Å². The first-order valence-corrected chi connectivity index (χ1v) is 19.6. The lowest BCUT2D eigenvalue weighted by atomic mass is 9.88. The number of benzene rings is 10. The second-order valence-electron chi connectivity index (χ2n) is 14.4. The Morgan fingerprint density at radius 2 is 0.596 bits per heavy atom. The molecule has 0 bridgehead atoms. The van der Waals surface area contributed by atoms with E-state index >= 15 is 0 Å². The molecule has 0 amide bonds. The highest BCUT2D eigenvalue weighted by atomic mass is 15.1. The summed E-state index contributed by atoms with van der Waals surface area (Å²) in [6, 6.07) is 85.7. The second-order valence-corrected chi connectivity index (χ2v) is 14.4. The minimum atomic E-state index is 1.11. The van der Waals surface area contributed by atoms with E-state index in [0.717, 1.165) is 33.8 Å². The van der Waals surface area contributed by atoms with Crippen LogP contribution >= 0.6 is 0 Å². The zero-order valence-corrected chi connectivity index (χ0v) is 31.5. The van der Waals surface area contributed by atoms with Crippen molar-refractivity contribution in [3.63, 3.8) is 0 Å². The van der Waals surface area contributed by atoms with Crippen molar-refractivity contribution < 1.29 is 0 Å². The Morgan fingerprint density at radius 3 is 1.26 bits per heavy atom. The molecule has 0 radical (unpaired) electrons. The highest BCUT2D eigenvalue weighted by molar-refractivity contribution is 6.15. The van der Waals surface area contributed by atoms with Crippen molar-refractivity contribution in [1.29, 1.82) is 0 Å². The average molecular weight is 726 g/mol. The van der Waals surface area contributed by atoms with Crippen LogP contribution in [0.15, 0.2) is 237 Å². The number of anilines is 3. The van der Waals surface area contributed by atoms with Crippen LogP contribution in [0, 0.1) is 0 Å². The van der Waals surface area contributed by atoms with Crippen LogP contribution in [-0.4, -0.2) is 0 Å². The third kappa shape index (κ3) is 6.36. The number of nitrogens with zero attached hydrogens (tertiary/aromatic N) is 1. The van der Waals surface area contributed by atoms with E-state index in [1.54, 1.807) is 0 Å². The molecule has 0 aliphatic heterocycles. The molecule has 57 heavy (non-hydrogen) atoms. The van der Waals surface area contributed by atoms with Gasteiger partial charge in [0.15, 0.2) is 0 Å². The van der Waals surface area contributed by atoms with E-state index in [2.05, 4.69) is 241 Å². The molecule has 268 valence electrons. The van der Waals surface area contributed by atoms with Gasteiger partial charge in [0, 0.05) is 16.5 Å². The lowest BCUT2D eigenvalue weighted by molar-refractivity contribution is 1.30. The van der Waals surface area contributed by atoms with Gasteiger partial charge in [0.25, 0.3) is 0 Å². The van der Waals surface area contributed by atoms with Gasteiger partial charge >= 0.3 is 0 Å². The molecule has 0 fully saturated rings. The third-order valence-corrected chi connectivity index (χ3v) is 11.1. The normalized spacial score (nSPS) is 11.2. The van der Waals surface area contributed by atoms with Gasteiger partial charge in [-0.05, 0) is 78.9 Å². The van der Waals surface area contributed by atoms with Gasteiger partial charge in [-0.25, -0.2) is 0 Å². The summed E-state index contributed by atoms with van der Waals surface area (Å²) in [5, 5.41) is 4.88. The van der Waals surface area contributed by atoms with Crippen LogP contribution < -0.4 is 4.90 Å². The standard InChI is InChI=1S/C56H39N/c1-3-19-40(20-4-1)41-35-37-43(38-36-41)47-26-15-17-33-54(47)57(56-39-44-23-7-8-25-46(44)49-28-13-14-32-53(49)56)55-34-18-16-31-52(55)51-30-12-11-29-50(51)48-27-10-9-24-45(48)42-21-5-2-6-22-42/h1-39H. The van der Waals surface area contributed by atoms with E-state index in [1.807, 2.05) is 0 Å². The predicted octanol–water partition coefficient (Wildman–Crippen LogP) is 15.8. The Bertz CT molecular complexity index is 3000. The SMILES string of the molecule is c1ccc(-c2ccc(-c3ccccc3N(c3ccccc3-c3ccccc3-c3ccccc3-c3ccccc3)c3cc4ccccc4c4ccccc34)cc2)cc1. The van der Waals surface area contributed by atoms with E-state index in [-0.39, 0.29) is 0 Å². The van der Waals surface area contributed by atoms with Gasteiger partial charge in [-0.3, -0.25) is 0 Å². The summed E-state index contributed by atoms with van der Waals surface area (Å²) in [7, 11) is 0. The summed E-state index contributed by atoms with van der Waals surface area (Å²) < 4.78 is 0. The molecule has 0 saturated heterocycles. The van der Waals surface area contributed by atoms with Gasteiger partial charge in [-0.2, -0.15) is 0 Å². The first-order valence-electron chi connectivity index (χ1n) is 19.6. The van der Waals surface area contributed by atoms with Crippen LogP contribution in [0.3, 0.4) is 0 Å². The van der Waals surface area contributed by atoms with Crippen molar-refractivity contribution in [1.82, 2.24) is 0 Å². The minimum absolute atomic E-state index is 1.11. The Morgan fingerprint density at radius 1 is 0.211 bits per heavy atom. The monoisotopic (exact) mass is 725 g/mol. The summed E-state index contributed by atoms with van der Waals surface area (Å²) in [5.41, 5.74) is 15.2. The molecule has 1 nitrogen and oxygen atoms in total. The average Bonchev–Trinajstić information content (AvgIpc) is 3.30. The maximum atomic E-state index is 2.50. The first-order chi connectivity index (χ1) is 28.3. The van der Waals surface area contributed by atoms with Crippen LogP contribution in [0.5, 0.6) is 0 Å². The number of rotatable bonds is 8. The molecular formula is C56H39N. The van der Waals surface area contributed by atoms with Gasteiger partial charge in [-0.1, -0.05) is 218 Å². The van der Waals surface area contributed by atoms with E-state index in [9.17, 15) is 0 Å². The molecule has 0 N–H and O–H groups in total. The van der Waals surface area contributed by atoms with Crippen molar-refractivity contribution >= 4 is 38.6 Å². The van der Waals surface area contributed by atoms with E-state index in [4.69, 9.17) is 0 Å². The maximum Gasteiger partial charge on any atom is 0.0546 e.